The van der Waals surface area contributed by atoms with E-state index in [0.717, 1.165) is 28.8 Å². The van der Waals surface area contributed by atoms with Gasteiger partial charge in [0.15, 0.2) is 0 Å². The number of benzene rings is 1. The first-order chi connectivity index (χ1) is 18.9. The van der Waals surface area contributed by atoms with Gasteiger partial charge in [-0.05, 0) is 38.0 Å². The maximum atomic E-state index is 13.6. The molecule has 2 atom stereocenters. The molecule has 0 bridgehead atoms. The Morgan fingerprint density at radius 1 is 1.20 bits per heavy atom. The number of aromatic nitrogens is 4. The van der Waals surface area contributed by atoms with Gasteiger partial charge in [-0.3, -0.25) is 4.79 Å². The number of fused-ring (bicyclic) bond motifs is 1. The van der Waals surface area contributed by atoms with Gasteiger partial charge in [-0.1, -0.05) is 0 Å². The van der Waals surface area contributed by atoms with Gasteiger partial charge in [0.1, 0.15) is 23.1 Å². The summed E-state index contributed by atoms with van der Waals surface area (Å²) in [7, 11) is -2.92. The number of nitrogens with one attached hydrogen (secondary N) is 1. The Labute approximate surface area is 224 Å². The van der Waals surface area contributed by atoms with Crippen molar-refractivity contribution in [3.05, 3.63) is 60.1 Å². The fourth-order valence-electron chi connectivity index (χ4n) is 4.54. The van der Waals surface area contributed by atoms with E-state index in [-0.39, 0.29) is 35.5 Å². The highest BCUT2D eigenvalue weighted by Crippen LogP contribution is 2.34. The van der Waals surface area contributed by atoms with E-state index in [1.807, 2.05) is 0 Å². The maximum Gasteiger partial charge on any atom is 0.451 e. The number of sulfonamides is 1. The third-order valence-electron chi connectivity index (χ3n) is 6.44. The first-order valence-electron chi connectivity index (χ1n) is 11.9. The number of carbonyl (C=O) groups excluding carboxylic acids is 1. The van der Waals surface area contributed by atoms with Crippen molar-refractivity contribution in [3.63, 3.8) is 0 Å². The summed E-state index contributed by atoms with van der Waals surface area (Å²) in [4.78, 5) is 19.8. The topological polar surface area (TPSA) is 132 Å². The van der Waals surface area contributed by atoms with Crippen LogP contribution in [0.5, 0.6) is 5.88 Å². The fourth-order valence-corrected chi connectivity index (χ4v) is 6.33. The van der Waals surface area contributed by atoms with Crippen molar-refractivity contribution >= 4 is 26.9 Å². The maximum absolute atomic E-state index is 13.6. The molecule has 1 aliphatic heterocycles. The smallest absolute Gasteiger partial charge is 0.451 e. The molecular formula is C24H22F4N6O5S. The van der Waals surface area contributed by atoms with Gasteiger partial charge in [-0.2, -0.15) is 17.5 Å². The number of ether oxygens (including phenoxy) is 1. The van der Waals surface area contributed by atoms with Gasteiger partial charge in [0, 0.05) is 30.2 Å². The highest BCUT2D eigenvalue weighted by molar-refractivity contribution is 7.89. The van der Waals surface area contributed by atoms with Crippen molar-refractivity contribution in [1.82, 2.24) is 29.4 Å². The van der Waals surface area contributed by atoms with Gasteiger partial charge in [-0.15, -0.1) is 5.10 Å². The lowest BCUT2D eigenvalue weighted by Gasteiger charge is -2.25. The summed E-state index contributed by atoms with van der Waals surface area (Å²) in [6, 6.07) is 3.29. The van der Waals surface area contributed by atoms with Gasteiger partial charge in [0.2, 0.25) is 22.7 Å². The zero-order valence-corrected chi connectivity index (χ0v) is 21.8. The van der Waals surface area contributed by atoms with E-state index < -0.39 is 50.9 Å². The molecule has 16 heteroatoms. The van der Waals surface area contributed by atoms with Crippen LogP contribution in [-0.2, 0) is 27.5 Å². The van der Waals surface area contributed by atoms with Crippen molar-refractivity contribution in [2.75, 3.05) is 7.11 Å². The summed E-state index contributed by atoms with van der Waals surface area (Å²) in [5, 5.41) is 6.69. The summed E-state index contributed by atoms with van der Waals surface area (Å²) in [5.74, 6) is -2.35. The second kappa shape index (κ2) is 10.2. The van der Waals surface area contributed by atoms with E-state index in [1.165, 1.54) is 30.1 Å². The fraction of sp³-hybridized carbons (Fsp3) is 0.333. The van der Waals surface area contributed by atoms with Gasteiger partial charge < -0.3 is 14.5 Å². The predicted molar refractivity (Wildman–Crippen MR) is 130 cm³/mol. The van der Waals surface area contributed by atoms with E-state index in [4.69, 9.17) is 9.15 Å². The summed E-state index contributed by atoms with van der Waals surface area (Å²) in [6.45, 7) is 1.55. The molecule has 0 aliphatic carbocycles. The molecule has 1 saturated heterocycles. The Morgan fingerprint density at radius 3 is 2.60 bits per heavy atom. The molecule has 1 aromatic carbocycles. The summed E-state index contributed by atoms with van der Waals surface area (Å²) >= 11 is 0. The molecule has 1 fully saturated rings. The van der Waals surface area contributed by atoms with Gasteiger partial charge in [-0.25, -0.2) is 27.5 Å². The molecule has 40 heavy (non-hydrogen) atoms. The quantitative estimate of drug-likeness (QED) is 0.328. The molecule has 0 unspecified atom stereocenters. The van der Waals surface area contributed by atoms with Crippen LogP contribution in [0.4, 0.5) is 17.6 Å². The average molecular weight is 583 g/mol. The van der Waals surface area contributed by atoms with E-state index in [1.54, 1.807) is 6.92 Å². The lowest BCUT2D eigenvalue weighted by atomic mass is 10.2. The lowest BCUT2D eigenvalue weighted by Crippen LogP contribution is -2.47. The zero-order valence-electron chi connectivity index (χ0n) is 21.0. The molecule has 4 aromatic rings. The lowest BCUT2D eigenvalue weighted by molar-refractivity contribution is -0.145. The third kappa shape index (κ3) is 5.11. The first kappa shape index (κ1) is 27.5. The number of halogens is 4. The minimum Gasteiger partial charge on any atom is -0.480 e. The summed E-state index contributed by atoms with van der Waals surface area (Å²) in [6.07, 6.45) is -0.719. The molecule has 0 radical (unpaired) electrons. The molecule has 5 rings (SSSR count). The van der Waals surface area contributed by atoms with Gasteiger partial charge >= 0.3 is 6.18 Å². The van der Waals surface area contributed by atoms with Gasteiger partial charge in [0.25, 0.3) is 10.0 Å². The predicted octanol–water partition coefficient (Wildman–Crippen LogP) is 3.43. The standard InChI is InChI=1S/C24H22F4N6O5S/c1-13-3-5-18(34(13)40(36,37)20-8-14-7-16(25)4-6-19(14)39-20)21(35)29-9-15-12-33(32-22(15)38-2)17-10-30-23(31-11-17)24(26,27)28/h4,6-8,10-13,18H,3,5,9H2,1-2H3,(H,29,35)/t13-,18-/m0/s1. The zero-order chi connectivity index (χ0) is 28.8. The monoisotopic (exact) mass is 582 g/mol. The van der Waals surface area contributed by atoms with Crippen molar-refractivity contribution < 1.29 is 39.9 Å². The number of amides is 1. The van der Waals surface area contributed by atoms with Crippen LogP contribution in [-0.4, -0.2) is 57.6 Å². The molecule has 0 spiro atoms. The SMILES string of the molecule is COc1nn(-c2cnc(C(F)(F)F)nc2)cc1CNC(=O)[C@@H]1CC[C@H](C)N1S(=O)(=O)c1cc2cc(F)ccc2o1. The Morgan fingerprint density at radius 2 is 1.93 bits per heavy atom. The normalized spacial score (nSPS) is 18.4. The molecule has 4 heterocycles. The average Bonchev–Trinajstić information content (AvgIpc) is 3.63. The first-order valence-corrected chi connectivity index (χ1v) is 13.3. The Bertz CT molecular complexity index is 1670. The number of rotatable bonds is 7. The van der Waals surface area contributed by atoms with E-state index >= 15 is 0 Å². The van der Waals surface area contributed by atoms with Crippen LogP contribution in [0.15, 0.2) is 52.4 Å². The molecule has 212 valence electrons. The van der Waals surface area contributed by atoms with Crippen LogP contribution in [0.3, 0.4) is 0 Å². The van der Waals surface area contributed by atoms with Gasteiger partial charge in [0.05, 0.1) is 25.1 Å². The number of methoxy groups -OCH3 is 1. The second-order valence-corrected chi connectivity index (χ2v) is 10.9. The molecule has 1 amide bonds. The Kier molecular flexibility index (Phi) is 6.99. The van der Waals surface area contributed by atoms with E-state index in [0.29, 0.717) is 12.0 Å². The van der Waals surface area contributed by atoms with Crippen molar-refractivity contribution in [1.29, 1.82) is 0 Å². The Balaban J connectivity index is 1.33. The molecule has 1 aliphatic rings. The number of carbonyl (C=O) groups is 1. The second-order valence-electron chi connectivity index (χ2n) is 9.11. The van der Waals surface area contributed by atoms with Crippen LogP contribution in [0.2, 0.25) is 0 Å². The highest BCUT2D eigenvalue weighted by atomic mass is 32.2. The molecular weight excluding hydrogens is 560 g/mol. The number of hydrogen-bond acceptors (Lipinski definition) is 8. The van der Waals surface area contributed by atoms with Crippen LogP contribution in [0.1, 0.15) is 31.2 Å². The third-order valence-corrected chi connectivity index (χ3v) is 8.32. The minimum atomic E-state index is -4.70. The van der Waals surface area contributed by atoms with Crippen molar-refractivity contribution in [2.45, 2.75) is 49.7 Å². The summed E-state index contributed by atoms with van der Waals surface area (Å²) in [5.41, 5.74) is 0.683. The molecule has 1 N–H and O–H groups in total. The molecule has 0 saturated carbocycles. The Hall–Kier alpha value is -4.05. The highest BCUT2D eigenvalue weighted by Gasteiger charge is 2.45. The van der Waals surface area contributed by atoms with Crippen LogP contribution >= 0.6 is 0 Å². The van der Waals surface area contributed by atoms with Crippen LogP contribution < -0.4 is 10.1 Å². The van der Waals surface area contributed by atoms with E-state index in [9.17, 15) is 30.8 Å². The largest absolute Gasteiger partial charge is 0.480 e. The number of furan rings is 1. The summed E-state index contributed by atoms with van der Waals surface area (Å²) < 4.78 is 91.8. The van der Waals surface area contributed by atoms with Crippen molar-refractivity contribution in [2.24, 2.45) is 0 Å². The van der Waals surface area contributed by atoms with Crippen molar-refractivity contribution in [3.8, 4) is 11.6 Å². The number of alkyl halides is 3. The van der Waals surface area contributed by atoms with Crippen LogP contribution in [0.25, 0.3) is 16.7 Å². The van der Waals surface area contributed by atoms with E-state index in [2.05, 4.69) is 20.4 Å². The molecule has 11 nitrogen and oxygen atoms in total. The number of hydrogen-bond donors (Lipinski definition) is 1. The van der Waals surface area contributed by atoms with Crippen LogP contribution in [0, 0.1) is 5.82 Å². The number of nitrogens with zero attached hydrogens (tertiary/aromatic N) is 5. The molecule has 3 aromatic heterocycles. The minimum absolute atomic E-state index is 0.0824.